The molecule has 0 amide bonds. The van der Waals surface area contributed by atoms with Gasteiger partial charge in [-0.15, -0.1) is 0 Å². The molecule has 1 nitrogen and oxygen atoms in total. The quantitative estimate of drug-likeness (QED) is 0.339. The zero-order valence-corrected chi connectivity index (χ0v) is 21.2. The number of unbranched alkanes of at least 4 members (excludes halogenated alkanes) is 1. The molecule has 4 rings (SSSR count). The maximum atomic E-state index is 15.1. The summed E-state index contributed by atoms with van der Waals surface area (Å²) in [6.07, 6.45) is 13.6. The Bertz CT molecular complexity index is 999. The first-order valence-electron chi connectivity index (χ1n) is 13.5. The lowest BCUT2D eigenvalue weighted by Gasteiger charge is -2.29. The standard InChI is InChI=1S/C31H39F3O/c1-3-4-19-35-29-18-11-23(20-28(29)32)8-7-22-9-14-25(15-10-22)27-17-16-26(30(33)31(27)34)24-12-5-21(2)6-13-24/h7-8,11,16-18,20-22,24-25H,3-6,9-10,12-15,19H2,1-2H3/b8-7+. The van der Waals surface area contributed by atoms with Crippen LogP contribution in [-0.4, -0.2) is 6.61 Å². The average molecular weight is 485 g/mol. The van der Waals surface area contributed by atoms with E-state index in [2.05, 4.69) is 19.9 Å². The molecule has 0 unspecified atom stereocenters. The summed E-state index contributed by atoms with van der Waals surface area (Å²) in [5.74, 6) is -0.0176. The third-order valence-electron chi connectivity index (χ3n) is 8.08. The fourth-order valence-electron chi connectivity index (χ4n) is 5.72. The molecule has 2 fully saturated rings. The highest BCUT2D eigenvalue weighted by Gasteiger charge is 2.28. The topological polar surface area (TPSA) is 9.23 Å². The molecule has 4 heteroatoms. The van der Waals surface area contributed by atoms with E-state index in [4.69, 9.17) is 4.74 Å². The zero-order chi connectivity index (χ0) is 24.8. The van der Waals surface area contributed by atoms with Crippen LogP contribution < -0.4 is 4.74 Å². The Hall–Kier alpha value is -2.23. The van der Waals surface area contributed by atoms with E-state index in [1.54, 1.807) is 6.07 Å². The van der Waals surface area contributed by atoms with Gasteiger partial charge in [0.1, 0.15) is 0 Å². The Morgan fingerprint density at radius 1 is 0.829 bits per heavy atom. The first-order chi connectivity index (χ1) is 17.0. The van der Waals surface area contributed by atoms with Crippen LogP contribution in [0.3, 0.4) is 0 Å². The summed E-state index contributed by atoms with van der Waals surface area (Å²) < 4.78 is 49.9. The number of hydrogen-bond donors (Lipinski definition) is 0. The second-order valence-electron chi connectivity index (χ2n) is 10.7. The molecule has 2 aromatic carbocycles. The van der Waals surface area contributed by atoms with Crippen LogP contribution in [0.4, 0.5) is 13.2 Å². The summed E-state index contributed by atoms with van der Waals surface area (Å²) in [4.78, 5) is 0. The lowest BCUT2D eigenvalue weighted by atomic mass is 9.76. The second kappa shape index (κ2) is 12.1. The number of allylic oxidation sites excluding steroid dienone is 1. The molecule has 0 saturated heterocycles. The van der Waals surface area contributed by atoms with Gasteiger partial charge in [0.2, 0.25) is 0 Å². The van der Waals surface area contributed by atoms with Crippen molar-refractivity contribution in [2.24, 2.45) is 11.8 Å². The van der Waals surface area contributed by atoms with E-state index in [9.17, 15) is 4.39 Å². The van der Waals surface area contributed by atoms with Crippen LogP contribution in [0.1, 0.15) is 107 Å². The van der Waals surface area contributed by atoms with E-state index in [0.717, 1.165) is 69.8 Å². The van der Waals surface area contributed by atoms with Crippen LogP contribution in [0.2, 0.25) is 0 Å². The summed E-state index contributed by atoms with van der Waals surface area (Å²) in [5, 5.41) is 0. The van der Waals surface area contributed by atoms with Gasteiger partial charge >= 0.3 is 0 Å². The van der Waals surface area contributed by atoms with Gasteiger partial charge in [0.15, 0.2) is 23.2 Å². The van der Waals surface area contributed by atoms with Crippen LogP contribution in [0.25, 0.3) is 6.08 Å². The Morgan fingerprint density at radius 2 is 1.43 bits per heavy atom. The lowest BCUT2D eigenvalue weighted by molar-refractivity contribution is 0.294. The maximum absolute atomic E-state index is 15.1. The van der Waals surface area contributed by atoms with Crippen molar-refractivity contribution in [2.45, 2.75) is 89.9 Å². The molecule has 0 heterocycles. The van der Waals surface area contributed by atoms with Crippen LogP contribution in [0, 0.1) is 29.3 Å². The van der Waals surface area contributed by atoms with Crippen LogP contribution in [0.15, 0.2) is 36.4 Å². The zero-order valence-electron chi connectivity index (χ0n) is 21.2. The predicted octanol–water partition coefficient (Wildman–Crippen LogP) is 9.56. The number of benzene rings is 2. The van der Waals surface area contributed by atoms with Gasteiger partial charge in [-0.25, -0.2) is 13.2 Å². The van der Waals surface area contributed by atoms with Crippen molar-refractivity contribution < 1.29 is 17.9 Å². The van der Waals surface area contributed by atoms with Gasteiger partial charge in [0.05, 0.1) is 6.61 Å². The van der Waals surface area contributed by atoms with E-state index < -0.39 is 11.6 Å². The average Bonchev–Trinajstić information content (AvgIpc) is 2.87. The molecule has 190 valence electrons. The fraction of sp³-hybridized carbons (Fsp3) is 0.548. The third-order valence-corrected chi connectivity index (χ3v) is 8.08. The summed E-state index contributed by atoms with van der Waals surface area (Å²) in [5.41, 5.74) is 1.93. The van der Waals surface area contributed by atoms with Gasteiger partial charge in [0.25, 0.3) is 0 Å². The Labute approximate surface area is 208 Å². The number of hydrogen-bond acceptors (Lipinski definition) is 1. The fourth-order valence-corrected chi connectivity index (χ4v) is 5.72. The monoisotopic (exact) mass is 484 g/mol. The summed E-state index contributed by atoms with van der Waals surface area (Å²) >= 11 is 0. The van der Waals surface area contributed by atoms with E-state index in [1.807, 2.05) is 24.3 Å². The van der Waals surface area contributed by atoms with E-state index in [1.165, 1.54) is 6.07 Å². The molecular formula is C31H39F3O. The van der Waals surface area contributed by atoms with E-state index in [0.29, 0.717) is 35.3 Å². The van der Waals surface area contributed by atoms with Gasteiger partial charge in [-0.1, -0.05) is 63.5 Å². The molecule has 0 aliphatic heterocycles. The minimum Gasteiger partial charge on any atom is -0.491 e. The maximum Gasteiger partial charge on any atom is 0.165 e. The van der Waals surface area contributed by atoms with Crippen molar-refractivity contribution in [1.82, 2.24) is 0 Å². The van der Waals surface area contributed by atoms with Gasteiger partial charge in [-0.3, -0.25) is 0 Å². The molecule has 0 bridgehead atoms. The minimum atomic E-state index is -0.628. The molecular weight excluding hydrogens is 445 g/mol. The second-order valence-corrected chi connectivity index (χ2v) is 10.7. The van der Waals surface area contributed by atoms with Crippen LogP contribution in [-0.2, 0) is 0 Å². The molecule has 2 aromatic rings. The smallest absolute Gasteiger partial charge is 0.165 e. The van der Waals surface area contributed by atoms with Crippen molar-refractivity contribution in [3.8, 4) is 5.75 Å². The van der Waals surface area contributed by atoms with Gasteiger partial charge in [-0.05, 0) is 97.4 Å². The molecule has 2 aliphatic carbocycles. The van der Waals surface area contributed by atoms with Gasteiger partial charge in [0, 0.05) is 0 Å². The third kappa shape index (κ3) is 6.51. The molecule has 35 heavy (non-hydrogen) atoms. The molecule has 0 radical (unpaired) electrons. The normalized spacial score (nSPS) is 25.2. The Kier molecular flexibility index (Phi) is 8.97. The van der Waals surface area contributed by atoms with Crippen molar-refractivity contribution in [1.29, 1.82) is 0 Å². The van der Waals surface area contributed by atoms with Crippen molar-refractivity contribution in [3.63, 3.8) is 0 Å². The van der Waals surface area contributed by atoms with Crippen molar-refractivity contribution in [3.05, 3.63) is 70.5 Å². The molecule has 2 aliphatic rings. The van der Waals surface area contributed by atoms with E-state index in [-0.39, 0.29) is 17.7 Å². The highest BCUT2D eigenvalue weighted by atomic mass is 19.2. The minimum absolute atomic E-state index is 0.0616. The molecule has 0 atom stereocenters. The highest BCUT2D eigenvalue weighted by molar-refractivity contribution is 5.51. The predicted molar refractivity (Wildman–Crippen MR) is 137 cm³/mol. The Balaban J connectivity index is 1.33. The molecule has 0 spiro atoms. The first-order valence-corrected chi connectivity index (χ1v) is 13.5. The highest BCUT2D eigenvalue weighted by Crippen LogP contribution is 2.41. The Morgan fingerprint density at radius 3 is 2.00 bits per heavy atom. The SMILES string of the molecule is CCCCOc1ccc(/C=C/C2CCC(c3ccc(C4CCC(C)CC4)c(F)c3F)CC2)cc1F. The number of ether oxygens (including phenoxy) is 1. The van der Waals surface area contributed by atoms with Crippen molar-refractivity contribution >= 4 is 6.08 Å². The number of halogens is 3. The molecule has 0 aromatic heterocycles. The van der Waals surface area contributed by atoms with Crippen LogP contribution in [0.5, 0.6) is 5.75 Å². The first kappa shape index (κ1) is 25.9. The van der Waals surface area contributed by atoms with E-state index >= 15 is 8.78 Å². The molecule has 2 saturated carbocycles. The summed E-state index contributed by atoms with van der Waals surface area (Å²) in [6.45, 7) is 4.84. The van der Waals surface area contributed by atoms with Gasteiger partial charge < -0.3 is 4.74 Å². The van der Waals surface area contributed by atoms with Crippen LogP contribution >= 0.6 is 0 Å². The summed E-state index contributed by atoms with van der Waals surface area (Å²) in [7, 11) is 0. The largest absolute Gasteiger partial charge is 0.491 e. The lowest BCUT2D eigenvalue weighted by Crippen LogP contribution is -2.16. The van der Waals surface area contributed by atoms with Crippen molar-refractivity contribution in [2.75, 3.05) is 6.61 Å². The number of rotatable bonds is 8. The summed E-state index contributed by atoms with van der Waals surface area (Å²) in [6, 6.07) is 8.77. The molecule has 0 N–H and O–H groups in total. The van der Waals surface area contributed by atoms with Gasteiger partial charge in [-0.2, -0.15) is 0 Å².